The van der Waals surface area contributed by atoms with Gasteiger partial charge in [-0.25, -0.2) is 14.4 Å². The first-order valence-electron chi connectivity index (χ1n) is 10.4. The van der Waals surface area contributed by atoms with Crippen molar-refractivity contribution in [3.8, 4) is 11.4 Å². The molecular formula is C24H19FN6O2. The first-order chi connectivity index (χ1) is 16.1. The van der Waals surface area contributed by atoms with Gasteiger partial charge in [-0.3, -0.25) is 14.6 Å². The quantitative estimate of drug-likeness (QED) is 0.503. The van der Waals surface area contributed by atoms with Gasteiger partial charge in [-0.1, -0.05) is 12.1 Å². The zero-order valence-corrected chi connectivity index (χ0v) is 17.5. The van der Waals surface area contributed by atoms with E-state index in [0.29, 0.717) is 35.7 Å². The second kappa shape index (κ2) is 8.62. The maximum Gasteiger partial charge on any atom is 0.254 e. The molecule has 0 unspecified atom stereocenters. The normalized spacial score (nSPS) is 12.8. The zero-order chi connectivity index (χ0) is 22.8. The molecule has 8 nitrogen and oxygen atoms in total. The standard InChI is InChI=1S/C24H19FN6O2/c25-18-3-1-2-4-20(18)29-23-17-14-31(24(33)16-7-11-27-21(32)13-16)12-8-19(17)28-22(30-23)15-5-9-26-10-6-15/h1-7,9-11,13H,8,12,14H2,(H,27,32)(H,28,29,30). The average Bonchev–Trinajstić information content (AvgIpc) is 2.85. The molecule has 5 rings (SSSR count). The Labute approximate surface area is 188 Å². The largest absolute Gasteiger partial charge is 0.337 e. The van der Waals surface area contributed by atoms with E-state index in [0.717, 1.165) is 11.3 Å². The van der Waals surface area contributed by atoms with Gasteiger partial charge in [0.15, 0.2) is 5.82 Å². The lowest BCUT2D eigenvalue weighted by Crippen LogP contribution is -2.37. The van der Waals surface area contributed by atoms with Gasteiger partial charge in [0, 0.05) is 54.3 Å². The highest BCUT2D eigenvalue weighted by molar-refractivity contribution is 5.94. The molecule has 0 spiro atoms. The second-order valence-corrected chi connectivity index (χ2v) is 7.58. The van der Waals surface area contributed by atoms with Crippen molar-refractivity contribution in [2.24, 2.45) is 0 Å². The van der Waals surface area contributed by atoms with E-state index in [2.05, 4.69) is 20.3 Å². The molecular weight excluding hydrogens is 423 g/mol. The summed E-state index contributed by atoms with van der Waals surface area (Å²) in [5.41, 5.74) is 2.51. The monoisotopic (exact) mass is 442 g/mol. The Kier molecular flexibility index (Phi) is 5.35. The minimum atomic E-state index is -0.414. The molecule has 9 heteroatoms. The van der Waals surface area contributed by atoms with Gasteiger partial charge in [-0.05, 0) is 30.3 Å². The summed E-state index contributed by atoms with van der Waals surface area (Å²) in [6.45, 7) is 0.666. The predicted octanol–water partition coefficient (Wildman–Crippen LogP) is 3.31. The molecule has 33 heavy (non-hydrogen) atoms. The average molecular weight is 442 g/mol. The Balaban J connectivity index is 1.55. The number of fused-ring (bicyclic) bond motifs is 1. The van der Waals surface area contributed by atoms with Crippen molar-refractivity contribution in [3.63, 3.8) is 0 Å². The number of anilines is 2. The van der Waals surface area contributed by atoms with E-state index >= 15 is 0 Å². The fourth-order valence-corrected chi connectivity index (χ4v) is 3.77. The maximum absolute atomic E-state index is 14.4. The molecule has 0 bridgehead atoms. The number of H-pyrrole nitrogens is 1. The first-order valence-corrected chi connectivity index (χ1v) is 10.4. The van der Waals surface area contributed by atoms with Crippen molar-refractivity contribution in [1.29, 1.82) is 0 Å². The van der Waals surface area contributed by atoms with Crippen LogP contribution in [-0.2, 0) is 13.0 Å². The summed E-state index contributed by atoms with van der Waals surface area (Å²) in [5.74, 6) is 0.244. The summed E-state index contributed by atoms with van der Waals surface area (Å²) in [6.07, 6.45) is 5.26. The molecule has 0 saturated heterocycles. The number of aromatic amines is 1. The van der Waals surface area contributed by atoms with E-state index in [1.165, 1.54) is 18.3 Å². The molecule has 0 aliphatic carbocycles. The number of pyridine rings is 2. The van der Waals surface area contributed by atoms with E-state index in [1.807, 2.05) is 0 Å². The number of nitrogens with one attached hydrogen (secondary N) is 2. The van der Waals surface area contributed by atoms with Gasteiger partial charge < -0.3 is 15.2 Å². The van der Waals surface area contributed by atoms with Gasteiger partial charge in [-0.2, -0.15) is 0 Å². The van der Waals surface area contributed by atoms with Crippen LogP contribution in [0.3, 0.4) is 0 Å². The maximum atomic E-state index is 14.4. The van der Waals surface area contributed by atoms with Crippen LogP contribution in [-0.4, -0.2) is 37.3 Å². The molecule has 2 N–H and O–H groups in total. The van der Waals surface area contributed by atoms with Crippen LogP contribution >= 0.6 is 0 Å². The molecule has 1 aliphatic rings. The minimum absolute atomic E-state index is 0.231. The SMILES string of the molecule is O=C(c1cc[nH]c(=O)c1)N1CCc2nc(-c3ccncc3)nc(Nc3ccccc3F)c2C1. The Morgan fingerprint density at radius 1 is 1.09 bits per heavy atom. The van der Waals surface area contributed by atoms with Crippen LogP contribution in [0.2, 0.25) is 0 Å². The van der Waals surface area contributed by atoms with Gasteiger partial charge in [0.05, 0.1) is 17.9 Å². The second-order valence-electron chi connectivity index (χ2n) is 7.58. The van der Waals surface area contributed by atoms with Crippen molar-refractivity contribution >= 4 is 17.4 Å². The van der Waals surface area contributed by atoms with Crippen molar-refractivity contribution in [2.75, 3.05) is 11.9 Å². The van der Waals surface area contributed by atoms with E-state index < -0.39 is 5.82 Å². The Morgan fingerprint density at radius 2 is 1.91 bits per heavy atom. The lowest BCUT2D eigenvalue weighted by Gasteiger charge is -2.30. The van der Waals surface area contributed by atoms with Crippen LogP contribution in [0.1, 0.15) is 21.6 Å². The highest BCUT2D eigenvalue weighted by Gasteiger charge is 2.27. The third kappa shape index (κ3) is 4.20. The lowest BCUT2D eigenvalue weighted by molar-refractivity contribution is 0.0733. The topological polar surface area (TPSA) is 104 Å². The summed E-state index contributed by atoms with van der Waals surface area (Å²) < 4.78 is 14.4. The smallest absolute Gasteiger partial charge is 0.254 e. The number of carbonyl (C=O) groups excluding carboxylic acids is 1. The van der Waals surface area contributed by atoms with Gasteiger partial charge in [-0.15, -0.1) is 0 Å². The van der Waals surface area contributed by atoms with Crippen molar-refractivity contribution in [3.05, 3.63) is 100 Å². The third-order valence-electron chi connectivity index (χ3n) is 5.43. The van der Waals surface area contributed by atoms with E-state index in [9.17, 15) is 14.0 Å². The number of rotatable bonds is 4. The molecule has 1 aliphatic heterocycles. The number of aromatic nitrogens is 4. The molecule has 4 heterocycles. The van der Waals surface area contributed by atoms with Crippen molar-refractivity contribution in [1.82, 2.24) is 24.8 Å². The van der Waals surface area contributed by atoms with E-state index in [-0.39, 0.29) is 23.7 Å². The molecule has 1 amide bonds. The third-order valence-corrected chi connectivity index (χ3v) is 5.43. The van der Waals surface area contributed by atoms with Crippen LogP contribution in [0.4, 0.5) is 15.9 Å². The molecule has 1 aromatic carbocycles. The fourth-order valence-electron chi connectivity index (χ4n) is 3.77. The van der Waals surface area contributed by atoms with Crippen LogP contribution in [0.5, 0.6) is 0 Å². The van der Waals surface area contributed by atoms with Gasteiger partial charge in [0.1, 0.15) is 11.6 Å². The summed E-state index contributed by atoms with van der Waals surface area (Å²) >= 11 is 0. The fraction of sp³-hybridized carbons (Fsp3) is 0.125. The van der Waals surface area contributed by atoms with Crippen molar-refractivity contribution in [2.45, 2.75) is 13.0 Å². The Morgan fingerprint density at radius 3 is 2.70 bits per heavy atom. The molecule has 0 radical (unpaired) electrons. The number of nitrogens with zero attached hydrogens (tertiary/aromatic N) is 4. The number of carbonyl (C=O) groups is 1. The first kappa shape index (κ1) is 20.5. The number of amides is 1. The van der Waals surface area contributed by atoms with Gasteiger partial charge in [0.2, 0.25) is 5.56 Å². The van der Waals surface area contributed by atoms with Crippen LogP contribution < -0.4 is 10.9 Å². The minimum Gasteiger partial charge on any atom is -0.337 e. The molecule has 3 aromatic heterocycles. The van der Waals surface area contributed by atoms with E-state index in [4.69, 9.17) is 4.98 Å². The van der Waals surface area contributed by atoms with E-state index in [1.54, 1.807) is 53.7 Å². The van der Waals surface area contributed by atoms with Crippen LogP contribution in [0.25, 0.3) is 11.4 Å². The number of halogens is 1. The highest BCUT2D eigenvalue weighted by Crippen LogP contribution is 2.30. The lowest BCUT2D eigenvalue weighted by atomic mass is 10.0. The molecule has 0 atom stereocenters. The number of hydrogen-bond donors (Lipinski definition) is 2. The highest BCUT2D eigenvalue weighted by atomic mass is 19.1. The zero-order valence-electron chi connectivity index (χ0n) is 17.5. The predicted molar refractivity (Wildman–Crippen MR) is 120 cm³/mol. The summed E-state index contributed by atoms with van der Waals surface area (Å²) in [5, 5.41) is 3.08. The van der Waals surface area contributed by atoms with Crippen molar-refractivity contribution < 1.29 is 9.18 Å². The molecule has 164 valence electrons. The summed E-state index contributed by atoms with van der Waals surface area (Å²) in [7, 11) is 0. The Hall–Kier alpha value is -4.40. The molecule has 4 aromatic rings. The molecule has 0 fully saturated rings. The number of benzene rings is 1. The van der Waals surface area contributed by atoms with Crippen LogP contribution in [0, 0.1) is 5.82 Å². The Bertz CT molecular complexity index is 1390. The van der Waals surface area contributed by atoms with Gasteiger partial charge in [0.25, 0.3) is 5.91 Å². The number of para-hydroxylation sites is 1. The summed E-state index contributed by atoms with van der Waals surface area (Å²) in [4.78, 5) is 42.2. The molecule has 0 saturated carbocycles. The number of hydrogen-bond acceptors (Lipinski definition) is 6. The van der Waals surface area contributed by atoms with Crippen LogP contribution in [0.15, 0.2) is 71.9 Å². The van der Waals surface area contributed by atoms with Gasteiger partial charge >= 0.3 is 0 Å². The summed E-state index contributed by atoms with van der Waals surface area (Å²) in [6, 6.07) is 12.8.